The van der Waals surface area contributed by atoms with Gasteiger partial charge in [-0.25, -0.2) is 0 Å². The van der Waals surface area contributed by atoms with E-state index in [4.69, 9.17) is 5.21 Å². The van der Waals surface area contributed by atoms with Crippen LogP contribution in [0, 0.1) is 0 Å². The summed E-state index contributed by atoms with van der Waals surface area (Å²) in [5.41, 5.74) is 0. The topological polar surface area (TPSA) is 32.6 Å². The van der Waals surface area contributed by atoms with E-state index in [1.807, 2.05) is 6.08 Å². The summed E-state index contributed by atoms with van der Waals surface area (Å²) in [6.07, 6.45) is 6.19. The van der Waals surface area contributed by atoms with Gasteiger partial charge in [0.15, 0.2) is 0 Å². The zero-order valence-electron chi connectivity index (χ0n) is 4.88. The smallest absolute Gasteiger partial charge is 0.0436 e. The van der Waals surface area contributed by atoms with E-state index in [9.17, 15) is 0 Å². The summed E-state index contributed by atoms with van der Waals surface area (Å²) in [6.45, 7) is 3.55. The van der Waals surface area contributed by atoms with Crippen molar-refractivity contribution in [3.05, 3.63) is 12.7 Å². The minimum Gasteiger partial charge on any atom is -0.411 e. The molecule has 0 bridgehead atoms. The molecule has 2 heteroatoms. The summed E-state index contributed by atoms with van der Waals surface area (Å²) in [4.78, 5) is 0. The van der Waals surface area contributed by atoms with Gasteiger partial charge in [-0.1, -0.05) is 6.08 Å². The van der Waals surface area contributed by atoms with Gasteiger partial charge in [-0.2, -0.15) is 0 Å². The Kier molecular flexibility index (Phi) is 5.60. The zero-order valence-corrected chi connectivity index (χ0v) is 4.88. The highest BCUT2D eigenvalue weighted by molar-refractivity contribution is 5.55. The Labute approximate surface area is 49.5 Å². The van der Waals surface area contributed by atoms with Crippen LogP contribution in [0.4, 0.5) is 0 Å². The van der Waals surface area contributed by atoms with Crippen LogP contribution in [-0.4, -0.2) is 11.4 Å². The average Bonchev–Trinajstić information content (AvgIpc) is 1.81. The molecule has 0 fully saturated rings. The Morgan fingerprint density at radius 1 is 1.50 bits per heavy atom. The fourth-order valence-corrected chi connectivity index (χ4v) is 0.411. The Hall–Kier alpha value is -0.790. The van der Waals surface area contributed by atoms with Crippen LogP contribution >= 0.6 is 0 Å². The van der Waals surface area contributed by atoms with E-state index in [1.54, 1.807) is 0 Å². The summed E-state index contributed by atoms with van der Waals surface area (Å²) in [6, 6.07) is 0. The first-order chi connectivity index (χ1) is 3.91. The molecular formula is C6H11NO. The van der Waals surface area contributed by atoms with Gasteiger partial charge in [0.2, 0.25) is 0 Å². The lowest BCUT2D eigenvalue weighted by Gasteiger charge is -1.84. The maximum Gasteiger partial charge on any atom is 0.0436 e. The third kappa shape index (κ3) is 5.21. The first kappa shape index (κ1) is 7.21. The number of allylic oxidation sites excluding steroid dienone is 1. The van der Waals surface area contributed by atoms with Crippen molar-refractivity contribution in [3.8, 4) is 0 Å². The molecule has 0 rings (SSSR count). The van der Waals surface area contributed by atoms with Gasteiger partial charge in [0.05, 0.1) is 0 Å². The van der Waals surface area contributed by atoms with Crippen molar-refractivity contribution in [2.75, 3.05) is 0 Å². The largest absolute Gasteiger partial charge is 0.411 e. The Morgan fingerprint density at radius 3 is 2.75 bits per heavy atom. The predicted molar refractivity (Wildman–Crippen MR) is 34.3 cm³/mol. The van der Waals surface area contributed by atoms with Gasteiger partial charge in [-0.15, -0.1) is 11.7 Å². The highest BCUT2D eigenvalue weighted by Crippen LogP contribution is 1.91. The summed E-state index contributed by atoms with van der Waals surface area (Å²) in [5.74, 6) is 0. The molecule has 0 radical (unpaired) electrons. The van der Waals surface area contributed by atoms with Crippen molar-refractivity contribution in [1.29, 1.82) is 0 Å². The highest BCUT2D eigenvalue weighted by atomic mass is 16.4. The van der Waals surface area contributed by atoms with Gasteiger partial charge in [0.25, 0.3) is 0 Å². The van der Waals surface area contributed by atoms with E-state index in [0.717, 1.165) is 19.3 Å². The van der Waals surface area contributed by atoms with Crippen molar-refractivity contribution in [2.24, 2.45) is 5.16 Å². The first-order valence-corrected chi connectivity index (χ1v) is 2.68. The second kappa shape index (κ2) is 6.21. The Bertz CT molecular complexity index is 78.6. The SMILES string of the molecule is C=CCCCC=NO. The first-order valence-electron chi connectivity index (χ1n) is 2.68. The molecule has 0 unspecified atom stereocenters. The van der Waals surface area contributed by atoms with Crippen LogP contribution in [0.5, 0.6) is 0 Å². The molecule has 2 nitrogen and oxygen atoms in total. The molecule has 8 heavy (non-hydrogen) atoms. The quantitative estimate of drug-likeness (QED) is 0.195. The predicted octanol–water partition coefficient (Wildman–Crippen LogP) is 1.80. The van der Waals surface area contributed by atoms with Crippen LogP contribution in [0.2, 0.25) is 0 Å². The number of rotatable bonds is 4. The maximum absolute atomic E-state index is 7.91. The maximum atomic E-state index is 7.91. The van der Waals surface area contributed by atoms with E-state index in [1.165, 1.54) is 6.21 Å². The molecule has 0 spiro atoms. The minimum absolute atomic E-state index is 0.836. The van der Waals surface area contributed by atoms with Gasteiger partial charge < -0.3 is 5.21 Å². The number of oxime groups is 1. The van der Waals surface area contributed by atoms with E-state index in [-0.39, 0.29) is 0 Å². The summed E-state index contributed by atoms with van der Waals surface area (Å²) in [7, 11) is 0. The monoisotopic (exact) mass is 113 g/mol. The number of hydrogen-bond donors (Lipinski definition) is 1. The lowest BCUT2D eigenvalue weighted by molar-refractivity contribution is 0.320. The molecule has 0 saturated carbocycles. The number of unbranched alkanes of at least 4 members (excludes halogenated alkanes) is 2. The molecule has 0 atom stereocenters. The van der Waals surface area contributed by atoms with Crippen LogP contribution in [0.3, 0.4) is 0 Å². The van der Waals surface area contributed by atoms with Crippen LogP contribution < -0.4 is 0 Å². The van der Waals surface area contributed by atoms with Crippen LogP contribution in [0.25, 0.3) is 0 Å². The normalized spacial score (nSPS) is 10.0. The lowest BCUT2D eigenvalue weighted by Crippen LogP contribution is -1.73. The molecule has 0 aliphatic carbocycles. The standard InChI is InChI=1S/C6H11NO/c1-2-3-4-5-6-7-8/h2,6,8H,1,3-5H2. The second-order valence-electron chi connectivity index (χ2n) is 1.52. The lowest BCUT2D eigenvalue weighted by atomic mass is 10.2. The molecule has 46 valence electrons. The molecule has 0 aromatic heterocycles. The van der Waals surface area contributed by atoms with Crippen LogP contribution in [-0.2, 0) is 0 Å². The summed E-state index contributed by atoms with van der Waals surface area (Å²) in [5, 5.41) is 10.8. The third-order valence-electron chi connectivity index (χ3n) is 0.823. The van der Waals surface area contributed by atoms with Gasteiger partial charge in [-0.05, 0) is 19.3 Å². The molecule has 0 heterocycles. The Balaban J connectivity index is 2.82. The Morgan fingerprint density at radius 2 is 2.25 bits per heavy atom. The molecule has 0 aliphatic heterocycles. The zero-order chi connectivity index (χ0) is 6.24. The molecule has 1 N–H and O–H groups in total. The van der Waals surface area contributed by atoms with Crippen LogP contribution in [0.15, 0.2) is 17.8 Å². The minimum atomic E-state index is 0.836. The van der Waals surface area contributed by atoms with Gasteiger partial charge in [0, 0.05) is 6.21 Å². The number of nitrogens with zero attached hydrogens (tertiary/aromatic N) is 1. The molecule has 0 amide bonds. The van der Waals surface area contributed by atoms with E-state index < -0.39 is 0 Å². The fourth-order valence-electron chi connectivity index (χ4n) is 0.411. The van der Waals surface area contributed by atoms with E-state index in [0.29, 0.717) is 0 Å². The van der Waals surface area contributed by atoms with Crippen LogP contribution in [0.1, 0.15) is 19.3 Å². The van der Waals surface area contributed by atoms with E-state index >= 15 is 0 Å². The molecule has 0 saturated heterocycles. The number of hydrogen-bond acceptors (Lipinski definition) is 2. The van der Waals surface area contributed by atoms with Crippen molar-refractivity contribution < 1.29 is 5.21 Å². The highest BCUT2D eigenvalue weighted by Gasteiger charge is 1.77. The summed E-state index contributed by atoms with van der Waals surface area (Å²) < 4.78 is 0. The summed E-state index contributed by atoms with van der Waals surface area (Å²) >= 11 is 0. The molecule has 0 aromatic carbocycles. The average molecular weight is 113 g/mol. The second-order valence-corrected chi connectivity index (χ2v) is 1.52. The molecule has 0 aliphatic rings. The van der Waals surface area contributed by atoms with Crippen molar-refractivity contribution >= 4 is 6.21 Å². The van der Waals surface area contributed by atoms with Crippen molar-refractivity contribution in [3.63, 3.8) is 0 Å². The van der Waals surface area contributed by atoms with Gasteiger partial charge in [-0.3, -0.25) is 0 Å². The molecular weight excluding hydrogens is 102 g/mol. The van der Waals surface area contributed by atoms with Gasteiger partial charge >= 0.3 is 0 Å². The van der Waals surface area contributed by atoms with E-state index in [2.05, 4.69) is 11.7 Å². The molecule has 0 aromatic rings. The van der Waals surface area contributed by atoms with Crippen molar-refractivity contribution in [2.45, 2.75) is 19.3 Å². The van der Waals surface area contributed by atoms with Gasteiger partial charge in [0.1, 0.15) is 0 Å². The third-order valence-corrected chi connectivity index (χ3v) is 0.823. The van der Waals surface area contributed by atoms with Crippen molar-refractivity contribution in [1.82, 2.24) is 0 Å². The fraction of sp³-hybridized carbons (Fsp3) is 0.500.